The van der Waals surface area contributed by atoms with Crippen LogP contribution in [0, 0.1) is 5.92 Å². The van der Waals surface area contributed by atoms with Crippen LogP contribution in [-0.2, 0) is 0 Å². The lowest BCUT2D eigenvalue weighted by molar-refractivity contribution is 0.00223. The van der Waals surface area contributed by atoms with Crippen LogP contribution in [0.1, 0.15) is 52.4 Å². The molecule has 0 amide bonds. The maximum Gasteiger partial charge on any atom is 0.128 e. The van der Waals surface area contributed by atoms with Crippen molar-refractivity contribution in [3.05, 3.63) is 18.2 Å². The molecule has 0 saturated heterocycles. The van der Waals surface area contributed by atoms with E-state index in [0.29, 0.717) is 6.54 Å². The van der Waals surface area contributed by atoms with Crippen molar-refractivity contribution >= 4 is 11.6 Å². The van der Waals surface area contributed by atoms with Crippen LogP contribution in [0.2, 0.25) is 0 Å². The molecule has 21 heavy (non-hydrogen) atoms. The molecule has 1 fully saturated rings. The van der Waals surface area contributed by atoms with Crippen molar-refractivity contribution in [1.29, 1.82) is 0 Å². The lowest BCUT2D eigenvalue weighted by Crippen LogP contribution is -2.40. The Morgan fingerprint density at radius 3 is 2.48 bits per heavy atom. The Balaban J connectivity index is 1.85. The summed E-state index contributed by atoms with van der Waals surface area (Å²) in [5.74, 6) is 2.52. The van der Waals surface area contributed by atoms with Gasteiger partial charge in [-0.1, -0.05) is 26.3 Å². The summed E-state index contributed by atoms with van der Waals surface area (Å²) in [6, 6.07) is 5.92. The van der Waals surface area contributed by atoms with E-state index in [0.717, 1.165) is 56.2 Å². The first kappa shape index (κ1) is 16.1. The summed E-state index contributed by atoms with van der Waals surface area (Å²) in [4.78, 5) is 4.52. The van der Waals surface area contributed by atoms with E-state index in [1.165, 1.54) is 6.42 Å². The number of anilines is 2. The van der Waals surface area contributed by atoms with Gasteiger partial charge in [-0.15, -0.1) is 0 Å². The number of nitrogens with zero attached hydrogens (tertiary/aromatic N) is 1. The van der Waals surface area contributed by atoms with Crippen molar-refractivity contribution in [3.63, 3.8) is 0 Å². The number of rotatable bonds is 7. The molecule has 1 aromatic heterocycles. The first-order valence-electron chi connectivity index (χ1n) is 8.32. The SMILES string of the molecule is CCCNc1cccc(NCC2(O)CCC(CC)CC2)n1. The molecule has 3 N–H and O–H groups in total. The molecule has 0 aliphatic heterocycles. The number of aromatic nitrogens is 1. The van der Waals surface area contributed by atoms with E-state index in [4.69, 9.17) is 0 Å². The highest BCUT2D eigenvalue weighted by Crippen LogP contribution is 2.33. The highest BCUT2D eigenvalue weighted by molar-refractivity contribution is 5.45. The summed E-state index contributed by atoms with van der Waals surface area (Å²) in [5.41, 5.74) is -0.569. The van der Waals surface area contributed by atoms with Gasteiger partial charge in [0.05, 0.1) is 5.60 Å². The summed E-state index contributed by atoms with van der Waals surface area (Å²) in [6.45, 7) is 5.90. The third-order valence-electron chi connectivity index (χ3n) is 4.52. The Morgan fingerprint density at radius 1 is 1.19 bits per heavy atom. The molecule has 2 rings (SSSR count). The van der Waals surface area contributed by atoms with E-state index in [1.54, 1.807) is 0 Å². The van der Waals surface area contributed by atoms with Crippen LogP contribution in [-0.4, -0.2) is 28.8 Å². The van der Waals surface area contributed by atoms with Crippen molar-refractivity contribution < 1.29 is 5.11 Å². The number of aliphatic hydroxyl groups is 1. The predicted molar refractivity (Wildman–Crippen MR) is 88.7 cm³/mol. The van der Waals surface area contributed by atoms with Crippen LogP contribution >= 0.6 is 0 Å². The Kier molecular flexibility index (Phi) is 5.85. The van der Waals surface area contributed by atoms with E-state index in [-0.39, 0.29) is 0 Å². The van der Waals surface area contributed by atoms with Gasteiger partial charge in [0, 0.05) is 13.1 Å². The van der Waals surface area contributed by atoms with Crippen LogP contribution in [0.15, 0.2) is 18.2 Å². The Bertz CT molecular complexity index is 428. The summed E-state index contributed by atoms with van der Waals surface area (Å²) in [7, 11) is 0. The smallest absolute Gasteiger partial charge is 0.128 e. The van der Waals surface area contributed by atoms with E-state index in [9.17, 15) is 5.11 Å². The minimum atomic E-state index is -0.569. The van der Waals surface area contributed by atoms with Crippen molar-refractivity contribution in [3.8, 4) is 0 Å². The topological polar surface area (TPSA) is 57.2 Å². The number of hydrogen-bond acceptors (Lipinski definition) is 4. The maximum atomic E-state index is 10.7. The van der Waals surface area contributed by atoms with E-state index >= 15 is 0 Å². The molecular formula is C17H29N3O. The van der Waals surface area contributed by atoms with Gasteiger partial charge in [-0.2, -0.15) is 0 Å². The molecule has 1 heterocycles. The molecule has 0 radical (unpaired) electrons. The fourth-order valence-corrected chi connectivity index (χ4v) is 2.94. The molecule has 1 aliphatic rings. The van der Waals surface area contributed by atoms with Gasteiger partial charge in [-0.3, -0.25) is 0 Å². The zero-order chi connectivity index (χ0) is 15.1. The molecule has 0 atom stereocenters. The molecule has 1 saturated carbocycles. The van der Waals surface area contributed by atoms with E-state index in [2.05, 4.69) is 29.5 Å². The van der Waals surface area contributed by atoms with Crippen LogP contribution in [0.5, 0.6) is 0 Å². The zero-order valence-electron chi connectivity index (χ0n) is 13.4. The number of hydrogen-bond donors (Lipinski definition) is 3. The summed E-state index contributed by atoms with van der Waals surface area (Å²) in [5, 5.41) is 17.2. The molecule has 4 nitrogen and oxygen atoms in total. The molecule has 118 valence electrons. The quantitative estimate of drug-likeness (QED) is 0.718. The maximum absolute atomic E-state index is 10.7. The minimum Gasteiger partial charge on any atom is -0.388 e. The average Bonchev–Trinajstić information content (AvgIpc) is 2.52. The minimum absolute atomic E-state index is 0.569. The molecule has 0 bridgehead atoms. The van der Waals surface area contributed by atoms with Gasteiger partial charge in [-0.25, -0.2) is 4.98 Å². The third kappa shape index (κ3) is 4.88. The first-order valence-corrected chi connectivity index (χ1v) is 8.32. The zero-order valence-corrected chi connectivity index (χ0v) is 13.4. The fraction of sp³-hybridized carbons (Fsp3) is 0.706. The lowest BCUT2D eigenvalue weighted by atomic mass is 9.78. The van der Waals surface area contributed by atoms with Crippen LogP contribution in [0.4, 0.5) is 11.6 Å². The van der Waals surface area contributed by atoms with E-state index < -0.39 is 5.60 Å². The van der Waals surface area contributed by atoms with Gasteiger partial charge in [0.2, 0.25) is 0 Å². The average molecular weight is 291 g/mol. The summed E-state index contributed by atoms with van der Waals surface area (Å²) < 4.78 is 0. The van der Waals surface area contributed by atoms with Gasteiger partial charge < -0.3 is 15.7 Å². The van der Waals surface area contributed by atoms with E-state index in [1.807, 2.05) is 18.2 Å². The standard InChI is InChI=1S/C17H29N3O/c1-3-12-18-15-6-5-7-16(20-15)19-13-17(21)10-8-14(4-2)9-11-17/h5-7,14,21H,3-4,8-13H2,1-2H3,(H2,18,19,20). The van der Waals surface area contributed by atoms with Crippen molar-refractivity contribution in [2.75, 3.05) is 23.7 Å². The van der Waals surface area contributed by atoms with Crippen LogP contribution in [0.3, 0.4) is 0 Å². The Hall–Kier alpha value is -1.29. The molecule has 4 heteroatoms. The molecule has 0 spiro atoms. The summed E-state index contributed by atoms with van der Waals surface area (Å²) in [6.07, 6.45) is 6.38. The van der Waals surface area contributed by atoms with Crippen molar-refractivity contribution in [1.82, 2.24) is 4.98 Å². The number of nitrogens with one attached hydrogen (secondary N) is 2. The fourth-order valence-electron chi connectivity index (χ4n) is 2.94. The lowest BCUT2D eigenvalue weighted by Gasteiger charge is -2.36. The Labute approximate surface area is 128 Å². The third-order valence-corrected chi connectivity index (χ3v) is 4.52. The summed E-state index contributed by atoms with van der Waals surface area (Å²) >= 11 is 0. The first-order chi connectivity index (χ1) is 10.1. The molecule has 1 aliphatic carbocycles. The molecule has 0 unspecified atom stereocenters. The monoisotopic (exact) mass is 291 g/mol. The van der Waals surface area contributed by atoms with Crippen LogP contribution < -0.4 is 10.6 Å². The van der Waals surface area contributed by atoms with Gasteiger partial charge in [0.15, 0.2) is 0 Å². The molecular weight excluding hydrogens is 262 g/mol. The Morgan fingerprint density at radius 2 is 1.86 bits per heavy atom. The second-order valence-corrected chi connectivity index (χ2v) is 6.26. The van der Waals surface area contributed by atoms with Gasteiger partial charge >= 0.3 is 0 Å². The normalized spacial score (nSPS) is 25.6. The van der Waals surface area contributed by atoms with Crippen LogP contribution in [0.25, 0.3) is 0 Å². The van der Waals surface area contributed by atoms with Gasteiger partial charge in [0.1, 0.15) is 11.6 Å². The molecule has 0 aromatic carbocycles. The highest BCUT2D eigenvalue weighted by atomic mass is 16.3. The van der Waals surface area contributed by atoms with Crippen molar-refractivity contribution in [2.24, 2.45) is 5.92 Å². The van der Waals surface area contributed by atoms with Crippen molar-refractivity contribution in [2.45, 2.75) is 58.0 Å². The number of pyridine rings is 1. The van der Waals surface area contributed by atoms with Gasteiger partial charge in [-0.05, 0) is 50.2 Å². The predicted octanol–water partition coefficient (Wildman–Crippen LogP) is 3.65. The second-order valence-electron chi connectivity index (χ2n) is 6.26. The largest absolute Gasteiger partial charge is 0.388 e. The van der Waals surface area contributed by atoms with Gasteiger partial charge in [0.25, 0.3) is 0 Å². The molecule has 1 aromatic rings. The highest BCUT2D eigenvalue weighted by Gasteiger charge is 2.32. The second kappa shape index (κ2) is 7.64.